The van der Waals surface area contributed by atoms with E-state index in [-0.39, 0.29) is 77.0 Å². The molecule has 0 fully saturated rings. The first-order valence-corrected chi connectivity index (χ1v) is 25.5. The molecule has 5 rings (SSSR count). The van der Waals surface area contributed by atoms with Gasteiger partial charge in [0.25, 0.3) is 11.8 Å². The number of carbonyl (C=O) groups is 3. The van der Waals surface area contributed by atoms with Gasteiger partial charge in [-0.15, -0.1) is 0 Å². The molecule has 66 heavy (non-hydrogen) atoms. The molecule has 1 atom stereocenters. The van der Waals surface area contributed by atoms with E-state index in [0.717, 1.165) is 34.2 Å². The topological polar surface area (TPSA) is 267 Å². The minimum Gasteiger partial charge on any atom is -0.748 e. The number of hydrogen-bond donors (Lipinski definition) is 1. The standard InChI is InChI=1S/C44H56N4O14S3.CH4/c1-43(2,3)35-29-32(62-38-28-31(13-15-34(35)38)46(24-25-61-5)21-8-26-63(52,53)54)10-6-11-39-44(4,19-7-12-40(49)45-20-23-48-41(50)17-18-42(48)51)36-30-33(65(58,59)60)14-16-37(36)47(39)22-9-27-64(55,56)57;/h6,10-11,13-18,28-30H,7-9,12,19-27H2,1-5H3,(H3-,45,49,52,53,54,55,56,57,58,59,60);1H4/p-2. The van der Waals surface area contributed by atoms with Gasteiger partial charge in [0.2, 0.25) is 11.3 Å². The molecular formula is C45H58N4O14S3-2. The van der Waals surface area contributed by atoms with Crippen molar-refractivity contribution in [2.75, 3.05) is 62.8 Å². The van der Waals surface area contributed by atoms with Crippen LogP contribution in [0.1, 0.15) is 84.1 Å². The van der Waals surface area contributed by atoms with Gasteiger partial charge in [-0.05, 0) is 85.2 Å². The van der Waals surface area contributed by atoms with E-state index in [1.165, 1.54) is 12.1 Å². The molecule has 1 aromatic rings. The Morgan fingerprint density at radius 1 is 0.879 bits per heavy atom. The van der Waals surface area contributed by atoms with Crippen molar-refractivity contribution in [2.45, 2.75) is 83.0 Å². The molecule has 0 radical (unpaired) electrons. The highest BCUT2D eigenvalue weighted by molar-refractivity contribution is 7.86. The number of imide groups is 1. The minimum atomic E-state index is -4.92. The van der Waals surface area contributed by atoms with Crippen LogP contribution in [-0.4, -0.2) is 119 Å². The Hall–Kier alpha value is -5.03. The summed E-state index contributed by atoms with van der Waals surface area (Å²) >= 11 is 0. The lowest BCUT2D eigenvalue weighted by atomic mass is 9.77. The molecule has 18 nitrogen and oxygen atoms in total. The first-order valence-electron chi connectivity index (χ1n) is 20.9. The normalized spacial score (nSPS) is 17.8. The lowest BCUT2D eigenvalue weighted by Crippen LogP contribution is -2.38. The molecule has 1 unspecified atom stereocenters. The number of allylic oxidation sites excluding steroid dienone is 3. The number of carbonyl (C=O) groups excluding carboxylic acids is 3. The average Bonchev–Trinajstić information content (AvgIpc) is 3.64. The van der Waals surface area contributed by atoms with Crippen LogP contribution in [0.5, 0.6) is 0 Å². The molecule has 362 valence electrons. The molecule has 0 saturated heterocycles. The summed E-state index contributed by atoms with van der Waals surface area (Å²) in [4.78, 5) is 39.1. The van der Waals surface area contributed by atoms with Crippen molar-refractivity contribution in [2.24, 2.45) is 0 Å². The molecule has 1 aromatic carbocycles. The number of nitrogens with zero attached hydrogens (tertiary/aromatic N) is 3. The van der Waals surface area contributed by atoms with Gasteiger partial charge in [-0.2, -0.15) is 0 Å². The molecule has 1 aliphatic carbocycles. The highest BCUT2D eigenvalue weighted by atomic mass is 32.2. The van der Waals surface area contributed by atoms with Gasteiger partial charge in [0, 0.05) is 91.7 Å². The molecule has 4 aliphatic rings. The van der Waals surface area contributed by atoms with Crippen LogP contribution in [0.25, 0.3) is 17.4 Å². The van der Waals surface area contributed by atoms with Crippen LogP contribution >= 0.6 is 0 Å². The Morgan fingerprint density at radius 3 is 2.17 bits per heavy atom. The van der Waals surface area contributed by atoms with Gasteiger partial charge in [0.05, 0.1) is 31.2 Å². The van der Waals surface area contributed by atoms with E-state index in [1.807, 2.05) is 56.5 Å². The number of methoxy groups -OCH3 is 1. The zero-order valence-corrected chi connectivity index (χ0v) is 39.4. The van der Waals surface area contributed by atoms with Crippen LogP contribution in [0, 0.1) is 0 Å². The zero-order valence-electron chi connectivity index (χ0n) is 36.9. The molecular weight excluding hydrogens is 917 g/mol. The Labute approximate surface area is 387 Å². The summed E-state index contributed by atoms with van der Waals surface area (Å²) in [5.41, 5.74) is 1.79. The van der Waals surface area contributed by atoms with Gasteiger partial charge in [-0.3, -0.25) is 19.3 Å². The Balaban J connectivity index is 0.00000952. The zero-order chi connectivity index (χ0) is 48.0. The highest BCUT2D eigenvalue weighted by Crippen LogP contribution is 2.51. The van der Waals surface area contributed by atoms with Gasteiger partial charge < -0.3 is 33.0 Å². The maximum Gasteiger partial charge on any atom is 0.253 e. The molecule has 3 aliphatic heterocycles. The minimum absolute atomic E-state index is 0. The third kappa shape index (κ3) is 14.0. The number of rotatable bonds is 21. The van der Waals surface area contributed by atoms with Crippen molar-refractivity contribution in [1.82, 2.24) is 14.8 Å². The molecule has 0 saturated carbocycles. The predicted molar refractivity (Wildman–Crippen MR) is 245 cm³/mol. The summed E-state index contributed by atoms with van der Waals surface area (Å²) in [5, 5.41) is 3.41. The smallest absolute Gasteiger partial charge is 0.253 e. The van der Waals surface area contributed by atoms with E-state index >= 15 is 0 Å². The first kappa shape index (κ1) is 53.6. The van der Waals surface area contributed by atoms with Gasteiger partial charge in [-0.25, -0.2) is 29.8 Å². The van der Waals surface area contributed by atoms with Gasteiger partial charge in [-0.1, -0.05) is 34.3 Å². The van der Waals surface area contributed by atoms with E-state index in [0.29, 0.717) is 47.0 Å². The summed E-state index contributed by atoms with van der Waals surface area (Å²) in [5.74, 6) is -1.58. The van der Waals surface area contributed by atoms with Crippen molar-refractivity contribution < 1.29 is 62.4 Å². The maximum atomic E-state index is 13.0. The van der Waals surface area contributed by atoms with Crippen molar-refractivity contribution in [3.05, 3.63) is 94.7 Å². The second-order valence-electron chi connectivity index (χ2n) is 17.1. The summed E-state index contributed by atoms with van der Waals surface area (Å²) in [6.45, 7) is 8.98. The highest BCUT2D eigenvalue weighted by Gasteiger charge is 2.43. The van der Waals surface area contributed by atoms with Crippen molar-refractivity contribution in [3.8, 4) is 11.3 Å². The number of ether oxygens (including phenoxy) is 1. The van der Waals surface area contributed by atoms with E-state index < -0.39 is 64.0 Å². The number of anilines is 1. The van der Waals surface area contributed by atoms with Crippen LogP contribution in [0.15, 0.2) is 81.8 Å². The third-order valence-corrected chi connectivity index (χ3v) is 13.7. The average molecular weight is 975 g/mol. The summed E-state index contributed by atoms with van der Waals surface area (Å²) in [6.07, 6.45) is 7.95. The van der Waals surface area contributed by atoms with E-state index in [1.54, 1.807) is 30.2 Å². The SMILES string of the molecule is C.COCC[N+](CCCS(=O)(=O)[O-])=c1ccc2c(C(C)(C)C)cc(/C=C/C=C3/N(CCCS(=O)(=O)[O-])c4ccc(S(=O)(=O)[O-])cc4C3(C)CCCC(=O)NCCN3C(=O)C=CC3=O)oc-2c1. The van der Waals surface area contributed by atoms with Crippen LogP contribution in [0.3, 0.4) is 0 Å². The maximum absolute atomic E-state index is 13.0. The van der Waals surface area contributed by atoms with Crippen molar-refractivity contribution in [1.29, 1.82) is 0 Å². The number of hydrogen-bond acceptors (Lipinski definition) is 15. The fraction of sp³-hybridized carbons (Fsp3) is 0.467. The Bertz CT molecular complexity index is 2750. The van der Waals surface area contributed by atoms with Crippen LogP contribution < -0.4 is 20.1 Å². The summed E-state index contributed by atoms with van der Waals surface area (Å²) in [6, 6.07) is 11.4. The molecule has 3 amide bonds. The fourth-order valence-electron chi connectivity index (χ4n) is 8.07. The predicted octanol–water partition coefficient (Wildman–Crippen LogP) is 3.40. The molecule has 1 N–H and O–H groups in total. The summed E-state index contributed by atoms with van der Waals surface area (Å²) in [7, 11) is -12.4. The molecule has 0 bridgehead atoms. The Morgan fingerprint density at radius 2 is 1.55 bits per heavy atom. The molecule has 0 aromatic heterocycles. The summed E-state index contributed by atoms with van der Waals surface area (Å²) < 4.78 is 120. The lowest BCUT2D eigenvalue weighted by Gasteiger charge is -2.30. The monoisotopic (exact) mass is 974 g/mol. The fourth-order valence-corrected chi connectivity index (χ4v) is 9.53. The van der Waals surface area contributed by atoms with E-state index in [9.17, 15) is 53.3 Å². The third-order valence-electron chi connectivity index (χ3n) is 11.3. The van der Waals surface area contributed by atoms with Gasteiger partial charge in [0.15, 0.2) is 6.54 Å². The van der Waals surface area contributed by atoms with Crippen molar-refractivity contribution in [3.63, 3.8) is 0 Å². The molecule has 3 heterocycles. The number of nitrogens with one attached hydrogen (secondary N) is 1. The molecule has 21 heteroatoms. The van der Waals surface area contributed by atoms with Crippen LogP contribution in [0.4, 0.5) is 5.69 Å². The second-order valence-corrected chi connectivity index (χ2v) is 21.5. The van der Waals surface area contributed by atoms with Crippen molar-refractivity contribution >= 4 is 59.8 Å². The Kier molecular flexibility index (Phi) is 17.6. The van der Waals surface area contributed by atoms with E-state index in [2.05, 4.69) is 5.32 Å². The largest absolute Gasteiger partial charge is 0.748 e. The van der Waals surface area contributed by atoms with E-state index in [4.69, 9.17) is 9.15 Å². The second kappa shape index (κ2) is 21.7. The quantitative estimate of drug-likeness (QED) is 0.0911. The van der Waals surface area contributed by atoms with Crippen LogP contribution in [-0.2, 0) is 60.3 Å². The van der Waals surface area contributed by atoms with Gasteiger partial charge >= 0.3 is 0 Å². The number of fused-ring (bicyclic) bond motifs is 2. The van der Waals surface area contributed by atoms with Gasteiger partial charge in [0.1, 0.15) is 34.8 Å². The van der Waals surface area contributed by atoms with Crippen LogP contribution in [0.2, 0.25) is 0 Å². The first-order chi connectivity index (χ1) is 30.3. The number of benzene rings is 2. The molecule has 0 spiro atoms. The number of amides is 3. The lowest BCUT2D eigenvalue weighted by molar-refractivity contribution is -0.137.